The van der Waals surface area contributed by atoms with Crippen LogP contribution in [-0.4, -0.2) is 41.4 Å². The van der Waals surface area contributed by atoms with E-state index in [4.69, 9.17) is 0 Å². The zero-order valence-corrected chi connectivity index (χ0v) is 12.8. The average Bonchev–Trinajstić information content (AvgIpc) is 2.55. The molecule has 2 N–H and O–H groups in total. The molecule has 1 saturated carbocycles. The monoisotopic (exact) mass is 289 g/mol. The number of hydrogen-bond donors (Lipinski definition) is 2. The van der Waals surface area contributed by atoms with Gasteiger partial charge in [-0.1, -0.05) is 25.3 Å². The van der Waals surface area contributed by atoms with Gasteiger partial charge in [0.2, 0.25) is 0 Å². The summed E-state index contributed by atoms with van der Waals surface area (Å²) >= 11 is 0. The van der Waals surface area contributed by atoms with Crippen molar-refractivity contribution >= 4 is 5.82 Å². The van der Waals surface area contributed by atoms with Crippen LogP contribution in [0.3, 0.4) is 0 Å². The summed E-state index contributed by atoms with van der Waals surface area (Å²) in [5.41, 5.74) is -0.448. The van der Waals surface area contributed by atoms with Crippen LogP contribution < -0.4 is 10.2 Å². The lowest BCUT2D eigenvalue weighted by Crippen LogP contribution is -2.49. The Labute approximate surface area is 127 Å². The van der Waals surface area contributed by atoms with Gasteiger partial charge in [-0.2, -0.15) is 0 Å². The summed E-state index contributed by atoms with van der Waals surface area (Å²) in [5, 5.41) is 14.2. The van der Waals surface area contributed by atoms with Crippen LogP contribution in [0.25, 0.3) is 0 Å². The fourth-order valence-electron chi connectivity index (χ4n) is 3.57. The maximum Gasteiger partial charge on any atom is 0.128 e. The molecule has 0 aromatic carbocycles. The van der Waals surface area contributed by atoms with E-state index in [-0.39, 0.29) is 0 Å². The molecule has 2 heterocycles. The maximum absolute atomic E-state index is 10.5. The Balaban J connectivity index is 1.43. The zero-order valence-electron chi connectivity index (χ0n) is 12.8. The lowest BCUT2D eigenvalue weighted by molar-refractivity contribution is 0.00204. The van der Waals surface area contributed by atoms with E-state index in [0.717, 1.165) is 51.1 Å². The first kappa shape index (κ1) is 14.8. The molecule has 0 atom stereocenters. The Morgan fingerprint density at radius 1 is 1.19 bits per heavy atom. The van der Waals surface area contributed by atoms with Crippen LogP contribution in [-0.2, 0) is 0 Å². The highest BCUT2D eigenvalue weighted by Gasteiger charge is 2.30. The quantitative estimate of drug-likeness (QED) is 0.893. The highest BCUT2D eigenvalue weighted by atomic mass is 16.3. The summed E-state index contributed by atoms with van der Waals surface area (Å²) in [6, 6.07) is 6.63. The summed E-state index contributed by atoms with van der Waals surface area (Å²) in [6.45, 7) is 2.86. The molecule has 1 aromatic rings. The molecule has 0 amide bonds. The summed E-state index contributed by atoms with van der Waals surface area (Å²) in [6.07, 6.45) is 9.69. The van der Waals surface area contributed by atoms with Crippen LogP contribution in [0.2, 0.25) is 0 Å². The van der Waals surface area contributed by atoms with E-state index in [1.165, 1.54) is 19.3 Å². The largest absolute Gasteiger partial charge is 0.389 e. The Morgan fingerprint density at radius 3 is 2.62 bits per heavy atom. The molecule has 1 aliphatic carbocycles. The fourth-order valence-corrected chi connectivity index (χ4v) is 3.57. The van der Waals surface area contributed by atoms with Gasteiger partial charge in [0, 0.05) is 31.9 Å². The minimum absolute atomic E-state index is 0.448. The van der Waals surface area contributed by atoms with Crippen molar-refractivity contribution in [3.63, 3.8) is 0 Å². The number of nitrogens with one attached hydrogen (secondary N) is 1. The van der Waals surface area contributed by atoms with Crippen molar-refractivity contribution in [3.8, 4) is 0 Å². The van der Waals surface area contributed by atoms with Gasteiger partial charge in [-0.15, -0.1) is 0 Å². The fraction of sp³-hybridized carbons (Fsp3) is 0.706. The van der Waals surface area contributed by atoms with E-state index in [1.807, 2.05) is 18.3 Å². The van der Waals surface area contributed by atoms with E-state index in [0.29, 0.717) is 6.04 Å². The first-order valence-corrected chi connectivity index (χ1v) is 8.37. The first-order chi connectivity index (χ1) is 10.3. The molecular formula is C17H27N3O. The van der Waals surface area contributed by atoms with Gasteiger partial charge in [-0.05, 0) is 37.8 Å². The molecule has 21 heavy (non-hydrogen) atoms. The minimum Gasteiger partial charge on any atom is -0.389 e. The van der Waals surface area contributed by atoms with Crippen molar-refractivity contribution in [2.24, 2.45) is 0 Å². The maximum atomic E-state index is 10.5. The second-order valence-corrected chi connectivity index (χ2v) is 6.62. The van der Waals surface area contributed by atoms with E-state index >= 15 is 0 Å². The van der Waals surface area contributed by atoms with E-state index < -0.39 is 5.60 Å². The Kier molecular flexibility index (Phi) is 4.76. The lowest BCUT2D eigenvalue weighted by Gasteiger charge is -2.37. The van der Waals surface area contributed by atoms with Gasteiger partial charge >= 0.3 is 0 Å². The number of rotatable bonds is 4. The van der Waals surface area contributed by atoms with Gasteiger partial charge in [-0.3, -0.25) is 0 Å². The van der Waals surface area contributed by atoms with Crippen molar-refractivity contribution in [1.82, 2.24) is 10.3 Å². The average molecular weight is 289 g/mol. The SMILES string of the molecule is OC1(CNC2CCN(c3ccccn3)CC2)CCCCC1. The van der Waals surface area contributed by atoms with Gasteiger partial charge in [-0.25, -0.2) is 4.98 Å². The molecular weight excluding hydrogens is 262 g/mol. The van der Waals surface area contributed by atoms with Crippen LogP contribution in [0.15, 0.2) is 24.4 Å². The van der Waals surface area contributed by atoms with Gasteiger partial charge in [0.1, 0.15) is 5.82 Å². The van der Waals surface area contributed by atoms with Gasteiger partial charge in [0.15, 0.2) is 0 Å². The molecule has 2 fully saturated rings. The van der Waals surface area contributed by atoms with Crippen LogP contribution in [0, 0.1) is 0 Å². The summed E-state index contributed by atoms with van der Waals surface area (Å²) < 4.78 is 0. The van der Waals surface area contributed by atoms with Crippen LogP contribution >= 0.6 is 0 Å². The van der Waals surface area contributed by atoms with E-state index in [1.54, 1.807) is 0 Å². The smallest absolute Gasteiger partial charge is 0.128 e. The Bertz CT molecular complexity index is 423. The topological polar surface area (TPSA) is 48.4 Å². The molecule has 0 unspecified atom stereocenters. The molecule has 4 nitrogen and oxygen atoms in total. The van der Waals surface area contributed by atoms with Crippen molar-refractivity contribution in [2.75, 3.05) is 24.5 Å². The van der Waals surface area contributed by atoms with Crippen molar-refractivity contribution in [3.05, 3.63) is 24.4 Å². The number of aliphatic hydroxyl groups is 1. The summed E-state index contributed by atoms with van der Waals surface area (Å²) in [7, 11) is 0. The first-order valence-electron chi connectivity index (χ1n) is 8.37. The van der Waals surface area contributed by atoms with Crippen molar-refractivity contribution in [2.45, 2.75) is 56.6 Å². The third-order valence-electron chi connectivity index (χ3n) is 4.97. The van der Waals surface area contributed by atoms with Gasteiger partial charge in [0.25, 0.3) is 0 Å². The zero-order chi connectivity index (χ0) is 14.5. The molecule has 0 spiro atoms. The predicted molar refractivity (Wildman–Crippen MR) is 85.5 cm³/mol. The van der Waals surface area contributed by atoms with Crippen LogP contribution in [0.1, 0.15) is 44.9 Å². The molecule has 116 valence electrons. The van der Waals surface area contributed by atoms with Crippen molar-refractivity contribution in [1.29, 1.82) is 0 Å². The predicted octanol–water partition coefficient (Wildman–Crippen LogP) is 2.34. The standard InChI is InChI=1S/C17H27N3O/c21-17(9-3-1-4-10-17)14-19-15-7-12-20(13-8-15)16-6-2-5-11-18-16/h2,5-6,11,15,19,21H,1,3-4,7-10,12-14H2. The normalized spacial score (nSPS) is 23.2. The molecule has 3 rings (SSSR count). The molecule has 1 aliphatic heterocycles. The number of aromatic nitrogens is 1. The molecule has 1 saturated heterocycles. The summed E-state index contributed by atoms with van der Waals surface area (Å²) in [5.74, 6) is 1.09. The van der Waals surface area contributed by atoms with Crippen LogP contribution in [0.5, 0.6) is 0 Å². The Morgan fingerprint density at radius 2 is 1.95 bits per heavy atom. The Hall–Kier alpha value is -1.13. The van der Waals surface area contributed by atoms with Gasteiger partial charge in [0.05, 0.1) is 5.60 Å². The molecule has 2 aliphatic rings. The molecule has 4 heteroatoms. The number of hydrogen-bond acceptors (Lipinski definition) is 4. The van der Waals surface area contributed by atoms with Crippen molar-refractivity contribution < 1.29 is 5.11 Å². The van der Waals surface area contributed by atoms with E-state index in [9.17, 15) is 5.11 Å². The second-order valence-electron chi connectivity index (χ2n) is 6.62. The number of piperidine rings is 1. The number of nitrogens with zero attached hydrogens (tertiary/aromatic N) is 2. The van der Waals surface area contributed by atoms with Crippen LogP contribution in [0.4, 0.5) is 5.82 Å². The highest BCUT2D eigenvalue weighted by molar-refractivity contribution is 5.38. The summed E-state index contributed by atoms with van der Waals surface area (Å²) in [4.78, 5) is 6.78. The third kappa shape index (κ3) is 3.95. The number of anilines is 1. The lowest BCUT2D eigenvalue weighted by atomic mass is 9.84. The molecule has 1 aromatic heterocycles. The van der Waals surface area contributed by atoms with Gasteiger partial charge < -0.3 is 15.3 Å². The second kappa shape index (κ2) is 6.75. The third-order valence-corrected chi connectivity index (χ3v) is 4.97. The minimum atomic E-state index is -0.448. The molecule has 0 bridgehead atoms. The number of pyridine rings is 1. The van der Waals surface area contributed by atoms with E-state index in [2.05, 4.69) is 21.3 Å². The highest BCUT2D eigenvalue weighted by Crippen LogP contribution is 2.27. The molecule has 0 radical (unpaired) electrons.